The predicted octanol–water partition coefficient (Wildman–Crippen LogP) is 5.99. The Hall–Kier alpha value is -3.25. The molecule has 2 aromatic carbocycles. The van der Waals surface area contributed by atoms with Crippen LogP contribution in [-0.4, -0.2) is 22.5 Å². The Morgan fingerprint density at radius 3 is 2.56 bits per heavy atom. The third-order valence-electron chi connectivity index (χ3n) is 5.36. The molecule has 0 fully saturated rings. The Kier molecular flexibility index (Phi) is 6.81. The minimum atomic E-state index is -0.152. The van der Waals surface area contributed by atoms with E-state index in [0.29, 0.717) is 23.3 Å². The Morgan fingerprint density at radius 2 is 1.88 bits per heavy atom. The number of rotatable bonds is 8. The summed E-state index contributed by atoms with van der Waals surface area (Å²) in [6.45, 7) is 6.69. The SMILES string of the molecule is CCc1cccc2sc(N(Cc3ccccn3)C(=O)COc3ccc(C(C)C)cc3)nc12. The van der Waals surface area contributed by atoms with Gasteiger partial charge in [-0.1, -0.05) is 62.4 Å². The van der Waals surface area contributed by atoms with Crippen molar-refractivity contribution < 1.29 is 9.53 Å². The minimum absolute atomic E-state index is 0.0651. The number of benzene rings is 2. The van der Waals surface area contributed by atoms with E-state index in [1.54, 1.807) is 11.1 Å². The third-order valence-corrected chi connectivity index (χ3v) is 6.40. The Labute approximate surface area is 192 Å². The van der Waals surface area contributed by atoms with Gasteiger partial charge in [-0.2, -0.15) is 0 Å². The first-order chi connectivity index (χ1) is 15.5. The zero-order valence-electron chi connectivity index (χ0n) is 18.6. The molecule has 2 heterocycles. The van der Waals surface area contributed by atoms with Crippen LogP contribution in [-0.2, 0) is 17.8 Å². The first-order valence-corrected chi connectivity index (χ1v) is 11.7. The standard InChI is InChI=1S/C26H27N3O2S/c1-4-19-8-7-10-23-25(19)28-26(32-23)29(16-21-9-5-6-15-27-21)24(30)17-31-22-13-11-20(12-14-22)18(2)3/h5-15,18H,4,16-17H2,1-3H3. The van der Waals surface area contributed by atoms with Crippen LogP contribution in [0.4, 0.5) is 5.13 Å². The summed E-state index contributed by atoms with van der Waals surface area (Å²) in [7, 11) is 0. The molecule has 0 N–H and O–H groups in total. The number of hydrogen-bond acceptors (Lipinski definition) is 5. The summed E-state index contributed by atoms with van der Waals surface area (Å²) in [6, 6.07) is 19.8. The van der Waals surface area contributed by atoms with Crippen molar-refractivity contribution in [1.29, 1.82) is 0 Å². The van der Waals surface area contributed by atoms with Crippen molar-refractivity contribution in [2.24, 2.45) is 0 Å². The molecule has 164 valence electrons. The number of fused-ring (bicyclic) bond motifs is 1. The van der Waals surface area contributed by atoms with Gasteiger partial charge in [0.15, 0.2) is 11.7 Å². The summed E-state index contributed by atoms with van der Waals surface area (Å²) in [6.07, 6.45) is 2.63. The molecule has 1 amide bonds. The molecule has 0 aliphatic rings. The van der Waals surface area contributed by atoms with Crippen molar-refractivity contribution in [1.82, 2.24) is 9.97 Å². The summed E-state index contributed by atoms with van der Waals surface area (Å²) < 4.78 is 6.90. The van der Waals surface area contributed by atoms with Gasteiger partial charge in [0.1, 0.15) is 5.75 Å². The highest BCUT2D eigenvalue weighted by Crippen LogP contribution is 2.32. The quantitative estimate of drug-likeness (QED) is 0.334. The molecule has 5 nitrogen and oxygen atoms in total. The lowest BCUT2D eigenvalue weighted by atomic mass is 10.0. The van der Waals surface area contributed by atoms with E-state index in [1.165, 1.54) is 22.5 Å². The molecule has 0 aliphatic carbocycles. The zero-order valence-corrected chi connectivity index (χ0v) is 19.4. The number of hydrogen-bond donors (Lipinski definition) is 0. The van der Waals surface area contributed by atoms with Crippen LogP contribution >= 0.6 is 11.3 Å². The highest BCUT2D eigenvalue weighted by Gasteiger charge is 2.22. The molecule has 32 heavy (non-hydrogen) atoms. The number of aromatic nitrogens is 2. The molecular formula is C26H27N3O2S. The predicted molar refractivity (Wildman–Crippen MR) is 130 cm³/mol. The van der Waals surface area contributed by atoms with Crippen molar-refractivity contribution in [3.63, 3.8) is 0 Å². The van der Waals surface area contributed by atoms with E-state index in [-0.39, 0.29) is 12.5 Å². The normalized spacial score (nSPS) is 11.1. The molecule has 6 heteroatoms. The molecule has 0 atom stereocenters. The van der Waals surface area contributed by atoms with Gasteiger partial charge in [0.05, 0.1) is 22.5 Å². The average molecular weight is 446 g/mol. The average Bonchev–Trinajstić information content (AvgIpc) is 3.26. The summed E-state index contributed by atoms with van der Waals surface area (Å²) in [5, 5.41) is 0.662. The van der Waals surface area contributed by atoms with Crippen LogP contribution in [0.15, 0.2) is 66.9 Å². The van der Waals surface area contributed by atoms with Crippen LogP contribution in [0.2, 0.25) is 0 Å². The molecule has 0 unspecified atom stereocenters. The number of para-hydroxylation sites is 1. The lowest BCUT2D eigenvalue weighted by Gasteiger charge is -2.20. The minimum Gasteiger partial charge on any atom is -0.484 e. The van der Waals surface area contributed by atoms with E-state index in [0.717, 1.165) is 22.3 Å². The molecule has 0 spiro atoms. The molecular weight excluding hydrogens is 418 g/mol. The summed E-state index contributed by atoms with van der Waals surface area (Å²) in [4.78, 5) is 24.2. The molecule has 0 bridgehead atoms. The lowest BCUT2D eigenvalue weighted by Crippen LogP contribution is -2.34. The lowest BCUT2D eigenvalue weighted by molar-refractivity contribution is -0.120. The maximum Gasteiger partial charge on any atom is 0.267 e. The van der Waals surface area contributed by atoms with Crippen molar-refractivity contribution in [3.8, 4) is 5.75 Å². The summed E-state index contributed by atoms with van der Waals surface area (Å²) >= 11 is 1.52. The van der Waals surface area contributed by atoms with E-state index < -0.39 is 0 Å². The summed E-state index contributed by atoms with van der Waals surface area (Å²) in [5.41, 5.74) is 4.18. The Morgan fingerprint density at radius 1 is 1.06 bits per heavy atom. The fourth-order valence-electron chi connectivity index (χ4n) is 3.48. The van der Waals surface area contributed by atoms with E-state index in [9.17, 15) is 4.79 Å². The van der Waals surface area contributed by atoms with Crippen LogP contribution in [0, 0.1) is 0 Å². The van der Waals surface area contributed by atoms with Gasteiger partial charge in [0, 0.05) is 6.20 Å². The van der Waals surface area contributed by atoms with E-state index >= 15 is 0 Å². The van der Waals surface area contributed by atoms with Crippen molar-refractivity contribution >= 4 is 32.6 Å². The van der Waals surface area contributed by atoms with Crippen LogP contribution in [0.3, 0.4) is 0 Å². The molecule has 0 radical (unpaired) electrons. The Bertz CT molecular complexity index is 1190. The first-order valence-electron chi connectivity index (χ1n) is 10.9. The second kappa shape index (κ2) is 9.92. The van der Waals surface area contributed by atoms with Crippen molar-refractivity contribution in [2.75, 3.05) is 11.5 Å². The van der Waals surface area contributed by atoms with Gasteiger partial charge in [-0.05, 0) is 53.8 Å². The number of pyridine rings is 1. The van der Waals surface area contributed by atoms with Gasteiger partial charge < -0.3 is 4.74 Å². The number of thiazole rings is 1. The molecule has 4 aromatic rings. The number of anilines is 1. The fourth-order valence-corrected chi connectivity index (χ4v) is 4.51. The fraction of sp³-hybridized carbons (Fsp3) is 0.269. The highest BCUT2D eigenvalue weighted by molar-refractivity contribution is 7.22. The number of carbonyl (C=O) groups is 1. The largest absolute Gasteiger partial charge is 0.484 e. The van der Waals surface area contributed by atoms with Crippen molar-refractivity contribution in [3.05, 3.63) is 83.7 Å². The molecule has 0 aliphatic heterocycles. The van der Waals surface area contributed by atoms with Crippen LogP contribution in [0.5, 0.6) is 5.75 Å². The van der Waals surface area contributed by atoms with E-state index in [2.05, 4.69) is 31.8 Å². The smallest absolute Gasteiger partial charge is 0.267 e. The highest BCUT2D eigenvalue weighted by atomic mass is 32.1. The maximum absolute atomic E-state index is 13.3. The summed E-state index contributed by atoms with van der Waals surface area (Å²) in [5.74, 6) is 0.977. The number of carbonyl (C=O) groups excluding carboxylic acids is 1. The van der Waals surface area contributed by atoms with Gasteiger partial charge >= 0.3 is 0 Å². The third kappa shape index (κ3) is 4.97. The van der Waals surface area contributed by atoms with Gasteiger partial charge in [0.2, 0.25) is 0 Å². The maximum atomic E-state index is 13.3. The monoisotopic (exact) mass is 445 g/mol. The zero-order chi connectivity index (χ0) is 22.5. The molecule has 2 aromatic heterocycles. The number of aryl methyl sites for hydroxylation is 1. The molecule has 0 saturated carbocycles. The topological polar surface area (TPSA) is 55.3 Å². The second-order valence-electron chi connectivity index (χ2n) is 7.93. The van der Waals surface area contributed by atoms with Crippen LogP contribution < -0.4 is 9.64 Å². The van der Waals surface area contributed by atoms with Crippen LogP contribution in [0.1, 0.15) is 43.5 Å². The van der Waals surface area contributed by atoms with Gasteiger partial charge in [-0.15, -0.1) is 0 Å². The van der Waals surface area contributed by atoms with E-state index in [4.69, 9.17) is 9.72 Å². The van der Waals surface area contributed by atoms with Crippen LogP contribution in [0.25, 0.3) is 10.2 Å². The molecule has 0 saturated heterocycles. The van der Waals surface area contributed by atoms with Gasteiger partial charge in [0.25, 0.3) is 5.91 Å². The first kappa shape index (κ1) is 22.0. The number of nitrogens with zero attached hydrogens (tertiary/aromatic N) is 3. The van der Waals surface area contributed by atoms with E-state index in [1.807, 2.05) is 54.6 Å². The Balaban J connectivity index is 1.58. The second-order valence-corrected chi connectivity index (χ2v) is 8.94. The number of ether oxygens (including phenoxy) is 1. The number of amides is 1. The molecule has 4 rings (SSSR count). The van der Waals surface area contributed by atoms with Crippen molar-refractivity contribution in [2.45, 2.75) is 39.7 Å². The van der Waals surface area contributed by atoms with Gasteiger partial charge in [-0.3, -0.25) is 14.7 Å². The van der Waals surface area contributed by atoms with Gasteiger partial charge in [-0.25, -0.2) is 4.98 Å².